The van der Waals surface area contributed by atoms with Crippen LogP contribution in [0.5, 0.6) is 5.88 Å². The molecule has 0 aliphatic heterocycles. The van der Waals surface area contributed by atoms with Crippen LogP contribution in [0.3, 0.4) is 0 Å². The molecule has 0 bridgehead atoms. The molecule has 2 heterocycles. The minimum atomic E-state index is -0.376. The van der Waals surface area contributed by atoms with E-state index in [0.29, 0.717) is 29.6 Å². The SMILES string of the molecule is CCOc1cc(C)nc(-n2[nH]c(C)c(N=Nc3ccc(N(C)C)cc3)c2=O)n1. The summed E-state index contributed by atoms with van der Waals surface area (Å²) in [4.78, 5) is 23.4. The van der Waals surface area contributed by atoms with E-state index >= 15 is 0 Å². The quantitative estimate of drug-likeness (QED) is 0.659. The third-order valence-corrected chi connectivity index (χ3v) is 3.98. The molecule has 3 rings (SSSR count). The summed E-state index contributed by atoms with van der Waals surface area (Å²) in [5.41, 5.74) is 2.81. The summed E-state index contributed by atoms with van der Waals surface area (Å²) in [7, 11) is 3.93. The molecular formula is C19H23N7O2. The molecule has 0 fully saturated rings. The Morgan fingerprint density at radius 1 is 1.14 bits per heavy atom. The van der Waals surface area contributed by atoms with Crippen LogP contribution in [0.15, 0.2) is 45.4 Å². The van der Waals surface area contributed by atoms with Crippen LogP contribution in [0, 0.1) is 13.8 Å². The summed E-state index contributed by atoms with van der Waals surface area (Å²) in [6.45, 7) is 5.90. The number of aromatic amines is 1. The molecule has 0 atom stereocenters. The Hall–Kier alpha value is -3.49. The Labute approximate surface area is 162 Å². The Balaban J connectivity index is 1.93. The normalized spacial score (nSPS) is 11.2. The average molecular weight is 381 g/mol. The zero-order valence-electron chi connectivity index (χ0n) is 16.6. The van der Waals surface area contributed by atoms with Gasteiger partial charge in [0, 0.05) is 31.5 Å². The van der Waals surface area contributed by atoms with E-state index in [2.05, 4.69) is 25.3 Å². The van der Waals surface area contributed by atoms with Gasteiger partial charge in [-0.05, 0) is 45.0 Å². The molecule has 0 radical (unpaired) electrons. The van der Waals surface area contributed by atoms with Gasteiger partial charge in [0.15, 0.2) is 5.69 Å². The fourth-order valence-electron chi connectivity index (χ4n) is 2.57. The molecule has 9 heteroatoms. The average Bonchev–Trinajstić information content (AvgIpc) is 2.94. The third kappa shape index (κ3) is 4.08. The lowest BCUT2D eigenvalue weighted by atomic mass is 10.3. The van der Waals surface area contributed by atoms with Gasteiger partial charge in [0.25, 0.3) is 5.95 Å². The minimum absolute atomic E-state index is 0.202. The van der Waals surface area contributed by atoms with Crippen LogP contribution in [0.4, 0.5) is 17.1 Å². The van der Waals surface area contributed by atoms with E-state index in [9.17, 15) is 4.79 Å². The molecule has 3 aromatic rings. The van der Waals surface area contributed by atoms with Crippen molar-refractivity contribution in [1.82, 2.24) is 19.7 Å². The molecule has 28 heavy (non-hydrogen) atoms. The van der Waals surface area contributed by atoms with Crippen LogP contribution >= 0.6 is 0 Å². The van der Waals surface area contributed by atoms with Gasteiger partial charge >= 0.3 is 5.56 Å². The summed E-state index contributed by atoms with van der Waals surface area (Å²) < 4.78 is 6.68. The van der Waals surface area contributed by atoms with E-state index in [0.717, 1.165) is 5.69 Å². The number of hydrogen-bond acceptors (Lipinski definition) is 7. The second-order valence-electron chi connectivity index (χ2n) is 6.42. The molecule has 9 nitrogen and oxygen atoms in total. The number of anilines is 1. The molecule has 0 aliphatic rings. The number of nitrogens with zero attached hydrogens (tertiary/aromatic N) is 6. The summed E-state index contributed by atoms with van der Waals surface area (Å²) in [6, 6.07) is 9.28. The smallest absolute Gasteiger partial charge is 0.301 e. The number of hydrogen-bond donors (Lipinski definition) is 1. The lowest BCUT2D eigenvalue weighted by Gasteiger charge is -2.11. The summed E-state index contributed by atoms with van der Waals surface area (Å²) in [5.74, 6) is 0.613. The lowest BCUT2D eigenvalue weighted by Crippen LogP contribution is -2.18. The van der Waals surface area contributed by atoms with Crippen molar-refractivity contribution in [1.29, 1.82) is 0 Å². The molecule has 2 aromatic heterocycles. The number of nitrogens with one attached hydrogen (secondary N) is 1. The fourth-order valence-corrected chi connectivity index (χ4v) is 2.57. The van der Waals surface area contributed by atoms with Crippen molar-refractivity contribution in [3.8, 4) is 11.8 Å². The van der Waals surface area contributed by atoms with Gasteiger partial charge in [0.05, 0.1) is 18.0 Å². The number of rotatable bonds is 6. The summed E-state index contributed by atoms with van der Waals surface area (Å²) >= 11 is 0. The van der Waals surface area contributed by atoms with Crippen molar-refractivity contribution >= 4 is 17.1 Å². The molecule has 0 spiro atoms. The van der Waals surface area contributed by atoms with Crippen LogP contribution in [-0.4, -0.2) is 40.5 Å². The monoisotopic (exact) mass is 381 g/mol. The van der Waals surface area contributed by atoms with Crippen LogP contribution in [0.2, 0.25) is 0 Å². The maximum atomic E-state index is 12.8. The highest BCUT2D eigenvalue weighted by Gasteiger charge is 2.15. The van der Waals surface area contributed by atoms with Gasteiger partial charge in [0.2, 0.25) is 5.88 Å². The number of azo groups is 1. The number of ether oxygens (including phenoxy) is 1. The number of aromatic nitrogens is 4. The molecule has 0 saturated heterocycles. The second-order valence-corrected chi connectivity index (χ2v) is 6.42. The predicted molar refractivity (Wildman–Crippen MR) is 108 cm³/mol. The first-order valence-corrected chi connectivity index (χ1v) is 8.88. The standard InChI is InChI=1S/C19H23N7O2/c1-6-28-16-11-12(2)20-19(21-16)26-18(27)17(13(3)24-26)23-22-14-7-9-15(10-8-14)25(4)5/h7-11,24H,6H2,1-5H3. The van der Waals surface area contributed by atoms with E-state index < -0.39 is 0 Å². The molecule has 1 N–H and O–H groups in total. The van der Waals surface area contributed by atoms with E-state index in [1.807, 2.05) is 57.1 Å². The summed E-state index contributed by atoms with van der Waals surface area (Å²) in [6.07, 6.45) is 0. The van der Waals surface area contributed by atoms with Gasteiger partial charge in [-0.15, -0.1) is 5.11 Å². The maximum Gasteiger partial charge on any atom is 0.301 e. The van der Waals surface area contributed by atoms with Crippen molar-refractivity contribution in [3.05, 3.63) is 52.1 Å². The van der Waals surface area contributed by atoms with Crippen LogP contribution in [0.25, 0.3) is 5.95 Å². The molecule has 0 unspecified atom stereocenters. The highest BCUT2D eigenvalue weighted by Crippen LogP contribution is 2.21. The summed E-state index contributed by atoms with van der Waals surface area (Å²) in [5, 5.41) is 11.3. The Morgan fingerprint density at radius 2 is 1.86 bits per heavy atom. The van der Waals surface area contributed by atoms with Crippen molar-refractivity contribution < 1.29 is 4.74 Å². The Morgan fingerprint density at radius 3 is 2.50 bits per heavy atom. The molecule has 146 valence electrons. The van der Waals surface area contributed by atoms with E-state index in [1.54, 1.807) is 13.0 Å². The van der Waals surface area contributed by atoms with Crippen LogP contribution in [-0.2, 0) is 0 Å². The van der Waals surface area contributed by atoms with Gasteiger partial charge < -0.3 is 9.64 Å². The lowest BCUT2D eigenvalue weighted by molar-refractivity contribution is 0.325. The third-order valence-electron chi connectivity index (χ3n) is 3.98. The van der Waals surface area contributed by atoms with Gasteiger partial charge in [-0.1, -0.05) is 0 Å². The Bertz CT molecular complexity index is 1050. The van der Waals surface area contributed by atoms with Gasteiger partial charge in [-0.3, -0.25) is 9.89 Å². The van der Waals surface area contributed by atoms with Crippen molar-refractivity contribution in [2.45, 2.75) is 20.8 Å². The number of H-pyrrole nitrogens is 1. The second kappa shape index (κ2) is 8.03. The molecule has 0 saturated carbocycles. The molecule has 0 amide bonds. The minimum Gasteiger partial charge on any atom is -0.478 e. The first-order valence-electron chi connectivity index (χ1n) is 8.88. The van der Waals surface area contributed by atoms with Crippen LogP contribution < -0.4 is 15.2 Å². The van der Waals surface area contributed by atoms with Gasteiger partial charge in [-0.25, -0.2) is 4.98 Å². The van der Waals surface area contributed by atoms with Gasteiger partial charge in [-0.2, -0.15) is 14.8 Å². The largest absolute Gasteiger partial charge is 0.478 e. The maximum absolute atomic E-state index is 12.8. The highest BCUT2D eigenvalue weighted by molar-refractivity contribution is 5.52. The van der Waals surface area contributed by atoms with E-state index in [-0.39, 0.29) is 17.2 Å². The highest BCUT2D eigenvalue weighted by atomic mass is 16.5. The van der Waals surface area contributed by atoms with Crippen molar-refractivity contribution in [3.63, 3.8) is 0 Å². The van der Waals surface area contributed by atoms with Crippen molar-refractivity contribution in [2.75, 3.05) is 25.6 Å². The van der Waals surface area contributed by atoms with E-state index in [1.165, 1.54) is 4.68 Å². The number of benzene rings is 1. The number of aryl methyl sites for hydroxylation is 2. The first-order chi connectivity index (χ1) is 13.4. The fraction of sp³-hybridized carbons (Fsp3) is 0.316. The Kier molecular flexibility index (Phi) is 5.53. The molecule has 0 aliphatic carbocycles. The zero-order valence-corrected chi connectivity index (χ0v) is 16.6. The van der Waals surface area contributed by atoms with Gasteiger partial charge in [0.1, 0.15) is 0 Å². The predicted octanol–water partition coefficient (Wildman–Crippen LogP) is 3.45. The first kappa shape index (κ1) is 19.3. The van der Waals surface area contributed by atoms with Crippen LogP contribution in [0.1, 0.15) is 18.3 Å². The molecular weight excluding hydrogens is 358 g/mol. The van der Waals surface area contributed by atoms with E-state index in [4.69, 9.17) is 4.74 Å². The zero-order chi connectivity index (χ0) is 20.3. The van der Waals surface area contributed by atoms with Crippen molar-refractivity contribution in [2.24, 2.45) is 10.2 Å². The topological polar surface area (TPSA) is 101 Å². The molecule has 1 aromatic carbocycles.